The number of hydrogen-bond acceptors (Lipinski definition) is 4. The van der Waals surface area contributed by atoms with E-state index < -0.39 is 11.6 Å². The fraction of sp³-hybridized carbons (Fsp3) is 0. The highest BCUT2D eigenvalue weighted by atomic mass is 19.1. The molecular weight excluding hydrogens is 226 g/mol. The zero-order valence-corrected chi connectivity index (χ0v) is 8.48. The Balaban J connectivity index is 2.54. The summed E-state index contributed by atoms with van der Waals surface area (Å²) < 4.78 is 26.0. The molecule has 4 nitrogen and oxygen atoms in total. The van der Waals surface area contributed by atoms with Crippen LogP contribution in [0.5, 0.6) is 0 Å². The van der Waals surface area contributed by atoms with E-state index in [2.05, 4.69) is 9.97 Å². The third-order valence-corrected chi connectivity index (χ3v) is 2.06. The Bertz CT molecular complexity index is 599. The lowest BCUT2D eigenvalue weighted by Gasteiger charge is -2.02. The van der Waals surface area contributed by atoms with Crippen molar-refractivity contribution in [2.24, 2.45) is 0 Å². The van der Waals surface area contributed by atoms with Gasteiger partial charge < -0.3 is 5.73 Å². The summed E-state index contributed by atoms with van der Waals surface area (Å²) in [6.07, 6.45) is 1.21. The largest absolute Gasteiger partial charge is 0.382 e. The number of nitrogens with two attached hydrogens (primary N) is 1. The van der Waals surface area contributed by atoms with Crippen LogP contribution in [-0.2, 0) is 0 Å². The quantitative estimate of drug-likeness (QED) is 0.814. The fourth-order valence-corrected chi connectivity index (χ4v) is 1.30. The summed E-state index contributed by atoms with van der Waals surface area (Å²) >= 11 is 0. The SMILES string of the molecule is N#Cc1cnc(-c2cc(F)cc(F)c2)nc1N. The normalized spacial score (nSPS) is 9.94. The number of aromatic nitrogens is 2. The second kappa shape index (κ2) is 4.14. The zero-order chi connectivity index (χ0) is 12.4. The zero-order valence-electron chi connectivity index (χ0n) is 8.48. The summed E-state index contributed by atoms with van der Waals surface area (Å²) in [5.41, 5.74) is 5.77. The number of nitrogens with zero attached hydrogens (tertiary/aromatic N) is 3. The highest BCUT2D eigenvalue weighted by Crippen LogP contribution is 2.19. The van der Waals surface area contributed by atoms with Gasteiger partial charge in [-0.25, -0.2) is 18.7 Å². The fourth-order valence-electron chi connectivity index (χ4n) is 1.30. The monoisotopic (exact) mass is 232 g/mol. The van der Waals surface area contributed by atoms with Gasteiger partial charge in [-0.2, -0.15) is 5.26 Å². The molecule has 0 unspecified atom stereocenters. The average molecular weight is 232 g/mol. The first-order chi connectivity index (χ1) is 8.10. The summed E-state index contributed by atoms with van der Waals surface area (Å²) in [7, 11) is 0. The summed E-state index contributed by atoms with van der Waals surface area (Å²) in [4.78, 5) is 7.62. The maximum absolute atomic E-state index is 13.0. The van der Waals surface area contributed by atoms with E-state index in [-0.39, 0.29) is 22.8 Å². The molecule has 0 aliphatic rings. The molecule has 0 fully saturated rings. The van der Waals surface area contributed by atoms with E-state index in [9.17, 15) is 8.78 Å². The van der Waals surface area contributed by atoms with Gasteiger partial charge in [0.2, 0.25) is 0 Å². The van der Waals surface area contributed by atoms with Crippen molar-refractivity contribution in [2.75, 3.05) is 5.73 Å². The number of benzene rings is 1. The van der Waals surface area contributed by atoms with Crippen LogP contribution in [0, 0.1) is 23.0 Å². The van der Waals surface area contributed by atoms with Gasteiger partial charge in [-0.15, -0.1) is 0 Å². The van der Waals surface area contributed by atoms with Crippen molar-refractivity contribution in [1.82, 2.24) is 9.97 Å². The molecule has 1 aromatic heterocycles. The van der Waals surface area contributed by atoms with E-state index in [4.69, 9.17) is 11.0 Å². The third kappa shape index (κ3) is 2.18. The van der Waals surface area contributed by atoms with Gasteiger partial charge in [-0.3, -0.25) is 0 Å². The third-order valence-electron chi connectivity index (χ3n) is 2.06. The molecule has 0 spiro atoms. The molecule has 84 valence electrons. The molecule has 2 aromatic rings. The van der Waals surface area contributed by atoms with Crippen LogP contribution >= 0.6 is 0 Å². The molecule has 1 aromatic carbocycles. The van der Waals surface area contributed by atoms with E-state index in [0.717, 1.165) is 18.2 Å². The minimum absolute atomic E-state index is 0.0258. The van der Waals surface area contributed by atoms with Crippen molar-refractivity contribution in [3.63, 3.8) is 0 Å². The summed E-state index contributed by atoms with van der Waals surface area (Å²) in [6, 6.07) is 4.72. The minimum Gasteiger partial charge on any atom is -0.382 e. The molecule has 0 aliphatic heterocycles. The summed E-state index contributed by atoms with van der Waals surface area (Å²) in [5.74, 6) is -1.42. The molecule has 1 heterocycles. The van der Waals surface area contributed by atoms with Crippen LogP contribution in [0.4, 0.5) is 14.6 Å². The van der Waals surface area contributed by atoms with Crippen LogP contribution in [0.15, 0.2) is 24.4 Å². The maximum atomic E-state index is 13.0. The van der Waals surface area contributed by atoms with Crippen molar-refractivity contribution >= 4 is 5.82 Å². The van der Waals surface area contributed by atoms with E-state index in [1.165, 1.54) is 6.20 Å². The second-order valence-electron chi connectivity index (χ2n) is 3.26. The van der Waals surface area contributed by atoms with Crippen LogP contribution in [-0.4, -0.2) is 9.97 Å². The van der Waals surface area contributed by atoms with E-state index in [1.807, 2.05) is 0 Å². The average Bonchev–Trinajstić information content (AvgIpc) is 2.27. The lowest BCUT2D eigenvalue weighted by Crippen LogP contribution is -1.99. The van der Waals surface area contributed by atoms with Gasteiger partial charge in [0.15, 0.2) is 5.82 Å². The first kappa shape index (κ1) is 11.0. The standard InChI is InChI=1S/C11H6F2N4/c12-8-1-6(2-9(13)3-8)11-16-5-7(4-14)10(15)17-11/h1-3,5H,(H2,15,16,17). The molecule has 0 bridgehead atoms. The molecule has 0 saturated carbocycles. The Morgan fingerprint density at radius 3 is 2.35 bits per heavy atom. The number of halogens is 2. The van der Waals surface area contributed by atoms with Gasteiger partial charge in [0.1, 0.15) is 29.1 Å². The Hall–Kier alpha value is -2.55. The lowest BCUT2D eigenvalue weighted by molar-refractivity contribution is 0.584. The Morgan fingerprint density at radius 2 is 1.82 bits per heavy atom. The molecule has 2 rings (SSSR count). The Kier molecular flexibility index (Phi) is 2.66. The second-order valence-corrected chi connectivity index (χ2v) is 3.26. The van der Waals surface area contributed by atoms with Crippen molar-refractivity contribution in [3.05, 3.63) is 41.6 Å². The first-order valence-electron chi connectivity index (χ1n) is 4.59. The van der Waals surface area contributed by atoms with Gasteiger partial charge in [0.05, 0.1) is 6.20 Å². The van der Waals surface area contributed by atoms with Gasteiger partial charge in [0, 0.05) is 11.6 Å². The minimum atomic E-state index is -0.730. The molecule has 0 radical (unpaired) electrons. The molecule has 2 N–H and O–H groups in total. The highest BCUT2D eigenvalue weighted by molar-refractivity contribution is 5.59. The number of anilines is 1. The van der Waals surface area contributed by atoms with E-state index in [1.54, 1.807) is 6.07 Å². The smallest absolute Gasteiger partial charge is 0.161 e. The van der Waals surface area contributed by atoms with Crippen molar-refractivity contribution < 1.29 is 8.78 Å². The number of hydrogen-bond donors (Lipinski definition) is 1. The molecule has 0 aliphatic carbocycles. The predicted molar refractivity (Wildman–Crippen MR) is 56.5 cm³/mol. The van der Waals surface area contributed by atoms with Crippen LogP contribution in [0.3, 0.4) is 0 Å². The molecule has 0 amide bonds. The molecule has 0 saturated heterocycles. The predicted octanol–water partition coefficient (Wildman–Crippen LogP) is 1.88. The summed E-state index contributed by atoms with van der Waals surface area (Å²) in [6.45, 7) is 0. The number of nitrogen functional groups attached to an aromatic ring is 1. The Morgan fingerprint density at radius 1 is 1.18 bits per heavy atom. The molecule has 0 atom stereocenters. The first-order valence-corrected chi connectivity index (χ1v) is 4.59. The molecular formula is C11H6F2N4. The Labute approximate surface area is 95.4 Å². The van der Waals surface area contributed by atoms with Crippen LogP contribution in [0.25, 0.3) is 11.4 Å². The number of nitriles is 1. The van der Waals surface area contributed by atoms with Crippen LogP contribution in [0.1, 0.15) is 5.56 Å². The summed E-state index contributed by atoms with van der Waals surface area (Å²) in [5, 5.41) is 8.64. The van der Waals surface area contributed by atoms with Gasteiger partial charge in [-0.05, 0) is 12.1 Å². The van der Waals surface area contributed by atoms with Crippen LogP contribution < -0.4 is 5.73 Å². The molecule has 17 heavy (non-hydrogen) atoms. The van der Waals surface area contributed by atoms with Crippen LogP contribution in [0.2, 0.25) is 0 Å². The van der Waals surface area contributed by atoms with E-state index in [0.29, 0.717) is 0 Å². The van der Waals surface area contributed by atoms with Gasteiger partial charge in [0.25, 0.3) is 0 Å². The van der Waals surface area contributed by atoms with Crippen molar-refractivity contribution in [1.29, 1.82) is 5.26 Å². The van der Waals surface area contributed by atoms with Crippen molar-refractivity contribution in [2.45, 2.75) is 0 Å². The maximum Gasteiger partial charge on any atom is 0.161 e. The van der Waals surface area contributed by atoms with Gasteiger partial charge >= 0.3 is 0 Å². The van der Waals surface area contributed by atoms with Gasteiger partial charge in [-0.1, -0.05) is 0 Å². The topological polar surface area (TPSA) is 75.6 Å². The van der Waals surface area contributed by atoms with Crippen molar-refractivity contribution in [3.8, 4) is 17.5 Å². The van der Waals surface area contributed by atoms with E-state index >= 15 is 0 Å². The number of rotatable bonds is 1. The molecule has 6 heteroatoms. The lowest BCUT2D eigenvalue weighted by atomic mass is 10.2. The highest BCUT2D eigenvalue weighted by Gasteiger charge is 2.08.